The molecule has 1 saturated carbocycles. The summed E-state index contributed by atoms with van der Waals surface area (Å²) in [6, 6.07) is 3.65. The molecule has 2 N–H and O–H groups in total. The van der Waals surface area contributed by atoms with E-state index in [-0.39, 0.29) is 5.92 Å². The van der Waals surface area contributed by atoms with Crippen LogP contribution in [-0.2, 0) is 22.4 Å². The second-order valence-electron chi connectivity index (χ2n) is 8.13. The number of halogens is 1. The number of aliphatic hydroxyl groups is 1. The maximum atomic E-state index is 12.1. The molecule has 3 rings (SSSR count). The van der Waals surface area contributed by atoms with Crippen molar-refractivity contribution in [1.82, 2.24) is 5.32 Å². The van der Waals surface area contributed by atoms with Gasteiger partial charge in [-0.2, -0.15) is 0 Å². The Labute approximate surface area is 152 Å². The highest BCUT2D eigenvalue weighted by Crippen LogP contribution is 2.47. The predicted molar refractivity (Wildman–Crippen MR) is 94.7 cm³/mol. The Bertz CT molecular complexity index is 706. The lowest BCUT2D eigenvalue weighted by Crippen LogP contribution is -2.44. The molecule has 0 heterocycles. The zero-order chi connectivity index (χ0) is 18.4. The van der Waals surface area contributed by atoms with Crippen LogP contribution in [0.3, 0.4) is 0 Å². The summed E-state index contributed by atoms with van der Waals surface area (Å²) in [5.74, 6) is -0.0466. The van der Waals surface area contributed by atoms with Gasteiger partial charge < -0.3 is 20.0 Å². The Morgan fingerprint density at radius 3 is 2.64 bits per heavy atom. The molecule has 0 aliphatic heterocycles. The molecule has 2 aliphatic carbocycles. The van der Waals surface area contributed by atoms with Gasteiger partial charge in [0.2, 0.25) is 0 Å². The summed E-state index contributed by atoms with van der Waals surface area (Å²) >= 11 is 6.37. The van der Waals surface area contributed by atoms with Crippen LogP contribution >= 0.6 is 11.6 Å². The van der Waals surface area contributed by atoms with E-state index in [2.05, 4.69) is 5.32 Å². The third-order valence-electron chi connectivity index (χ3n) is 4.83. The Kier molecular flexibility index (Phi) is 4.58. The van der Waals surface area contributed by atoms with E-state index in [0.29, 0.717) is 36.3 Å². The molecule has 25 heavy (non-hydrogen) atoms. The number of carbonyl (C=O) groups is 2. The molecular formula is C19H24ClNO4. The number of fused-ring (bicyclic) bond motifs is 1. The molecule has 0 saturated heterocycles. The van der Waals surface area contributed by atoms with Gasteiger partial charge in [-0.25, -0.2) is 4.79 Å². The lowest BCUT2D eigenvalue weighted by atomic mass is 9.96. The summed E-state index contributed by atoms with van der Waals surface area (Å²) < 4.78 is 5.30. The Balaban J connectivity index is 1.77. The van der Waals surface area contributed by atoms with Gasteiger partial charge in [0.1, 0.15) is 18.0 Å². The average Bonchev–Trinajstić information content (AvgIpc) is 3.14. The van der Waals surface area contributed by atoms with E-state index >= 15 is 0 Å². The zero-order valence-corrected chi connectivity index (χ0v) is 15.5. The number of hydrogen-bond acceptors (Lipinski definition) is 4. The van der Waals surface area contributed by atoms with Crippen molar-refractivity contribution < 1.29 is 19.4 Å². The van der Waals surface area contributed by atoms with Gasteiger partial charge in [0.25, 0.3) is 0 Å². The summed E-state index contributed by atoms with van der Waals surface area (Å²) in [6.45, 7) is 5.39. The normalized spacial score (nSPS) is 22.0. The molecule has 1 fully saturated rings. The molecule has 0 aromatic heterocycles. The summed E-state index contributed by atoms with van der Waals surface area (Å²) in [5, 5.41) is 14.2. The van der Waals surface area contributed by atoms with Crippen LogP contribution in [-0.4, -0.2) is 28.6 Å². The van der Waals surface area contributed by atoms with E-state index in [1.807, 2.05) is 6.07 Å². The molecule has 136 valence electrons. The summed E-state index contributed by atoms with van der Waals surface area (Å²) in [7, 11) is 0. The first-order valence-electron chi connectivity index (χ1n) is 8.59. The van der Waals surface area contributed by atoms with Gasteiger partial charge >= 0.3 is 6.09 Å². The number of benzene rings is 1. The molecule has 0 spiro atoms. The molecule has 6 heteroatoms. The van der Waals surface area contributed by atoms with Crippen molar-refractivity contribution in [2.45, 2.75) is 63.7 Å². The fourth-order valence-corrected chi connectivity index (χ4v) is 3.75. The van der Waals surface area contributed by atoms with Gasteiger partial charge in [-0.3, -0.25) is 0 Å². The molecule has 5 nitrogen and oxygen atoms in total. The van der Waals surface area contributed by atoms with Gasteiger partial charge in [-0.1, -0.05) is 17.7 Å². The number of alkyl carbamates (subject to hydrolysis) is 1. The molecule has 2 atom stereocenters. The third-order valence-corrected chi connectivity index (χ3v) is 5.17. The second-order valence-corrected chi connectivity index (χ2v) is 8.54. The van der Waals surface area contributed by atoms with Crippen LogP contribution in [0.1, 0.15) is 56.4 Å². The summed E-state index contributed by atoms with van der Waals surface area (Å²) in [4.78, 5) is 23.1. The number of aldehydes is 1. The number of amides is 1. The van der Waals surface area contributed by atoms with Crippen molar-refractivity contribution in [1.29, 1.82) is 0 Å². The van der Waals surface area contributed by atoms with Crippen LogP contribution in [0.4, 0.5) is 4.79 Å². The largest absolute Gasteiger partial charge is 0.444 e. The molecule has 0 bridgehead atoms. The van der Waals surface area contributed by atoms with Crippen molar-refractivity contribution in [2.24, 2.45) is 5.92 Å². The van der Waals surface area contributed by atoms with Crippen LogP contribution in [0.5, 0.6) is 0 Å². The summed E-state index contributed by atoms with van der Waals surface area (Å²) in [6.07, 6.45) is 2.22. The van der Waals surface area contributed by atoms with E-state index in [9.17, 15) is 14.7 Å². The highest BCUT2D eigenvalue weighted by atomic mass is 35.5. The van der Waals surface area contributed by atoms with E-state index in [4.69, 9.17) is 16.3 Å². The standard InChI is InChI=1S/C19H24ClNO4/c1-18(2,3)25-17(24)21-19(4-5-19)16(23)13-8-12-6-11(10-22)7-14(12)15(20)9-13/h8-11,16,23H,4-7H2,1-3H3,(H,21,24). The fourth-order valence-electron chi connectivity index (χ4n) is 3.43. The van der Waals surface area contributed by atoms with E-state index in [1.54, 1.807) is 26.8 Å². The maximum absolute atomic E-state index is 12.1. The zero-order valence-electron chi connectivity index (χ0n) is 14.8. The van der Waals surface area contributed by atoms with Crippen molar-refractivity contribution in [2.75, 3.05) is 0 Å². The molecule has 0 radical (unpaired) electrons. The van der Waals surface area contributed by atoms with Crippen molar-refractivity contribution in [3.05, 3.63) is 33.8 Å². The van der Waals surface area contributed by atoms with Crippen LogP contribution in [0.25, 0.3) is 0 Å². The third kappa shape index (κ3) is 3.82. The monoisotopic (exact) mass is 365 g/mol. The Morgan fingerprint density at radius 2 is 2.08 bits per heavy atom. The van der Waals surface area contributed by atoms with Crippen molar-refractivity contribution in [3.8, 4) is 0 Å². The van der Waals surface area contributed by atoms with Crippen LogP contribution in [0, 0.1) is 5.92 Å². The Hall–Kier alpha value is -1.59. The van der Waals surface area contributed by atoms with Crippen molar-refractivity contribution in [3.63, 3.8) is 0 Å². The topological polar surface area (TPSA) is 75.6 Å². The Morgan fingerprint density at radius 1 is 1.40 bits per heavy atom. The van der Waals surface area contributed by atoms with Crippen LogP contribution in [0.15, 0.2) is 12.1 Å². The smallest absolute Gasteiger partial charge is 0.408 e. The quantitative estimate of drug-likeness (QED) is 0.802. The van der Waals surface area contributed by atoms with Gasteiger partial charge in [-0.05, 0) is 69.2 Å². The van der Waals surface area contributed by atoms with E-state index in [0.717, 1.165) is 17.4 Å². The van der Waals surface area contributed by atoms with E-state index < -0.39 is 23.3 Å². The number of hydrogen-bond donors (Lipinski definition) is 2. The first kappa shape index (κ1) is 18.2. The molecule has 2 unspecified atom stereocenters. The SMILES string of the molecule is CC(C)(C)OC(=O)NC1(C(O)c2cc(Cl)c3c(c2)CC(C=O)C3)CC1. The number of nitrogens with one attached hydrogen (secondary N) is 1. The van der Waals surface area contributed by atoms with Crippen LogP contribution < -0.4 is 5.32 Å². The first-order valence-corrected chi connectivity index (χ1v) is 8.97. The molecule has 1 aromatic rings. The lowest BCUT2D eigenvalue weighted by molar-refractivity contribution is -0.110. The van der Waals surface area contributed by atoms with Gasteiger partial charge in [0.15, 0.2) is 0 Å². The maximum Gasteiger partial charge on any atom is 0.408 e. The first-order chi connectivity index (χ1) is 11.6. The minimum atomic E-state index is -0.863. The minimum Gasteiger partial charge on any atom is -0.444 e. The van der Waals surface area contributed by atoms with Gasteiger partial charge in [0.05, 0.1) is 5.54 Å². The average molecular weight is 366 g/mol. The minimum absolute atomic E-state index is 0.0466. The van der Waals surface area contributed by atoms with Crippen molar-refractivity contribution >= 4 is 24.0 Å². The highest BCUT2D eigenvalue weighted by Gasteiger charge is 2.51. The number of carbonyl (C=O) groups excluding carboxylic acids is 2. The van der Waals surface area contributed by atoms with Crippen LogP contribution in [0.2, 0.25) is 5.02 Å². The predicted octanol–water partition coefficient (Wildman–Crippen LogP) is 3.34. The molecule has 2 aliphatic rings. The van der Waals surface area contributed by atoms with Gasteiger partial charge in [0, 0.05) is 10.9 Å². The van der Waals surface area contributed by atoms with E-state index in [1.165, 1.54) is 0 Å². The number of aliphatic hydroxyl groups excluding tert-OH is 1. The second kappa shape index (κ2) is 6.29. The molecule has 1 aromatic carbocycles. The fraction of sp³-hybridized carbons (Fsp3) is 0.579. The van der Waals surface area contributed by atoms with Gasteiger partial charge in [-0.15, -0.1) is 0 Å². The summed E-state index contributed by atoms with van der Waals surface area (Å²) in [5.41, 5.74) is 1.37. The molecule has 1 amide bonds. The molecular weight excluding hydrogens is 342 g/mol. The highest BCUT2D eigenvalue weighted by molar-refractivity contribution is 6.31. The number of ether oxygens (including phenoxy) is 1. The number of rotatable bonds is 4. The lowest BCUT2D eigenvalue weighted by Gasteiger charge is -2.27.